The predicted molar refractivity (Wildman–Crippen MR) is 133 cm³/mol. The van der Waals surface area contributed by atoms with Crippen molar-refractivity contribution < 1.29 is 24.2 Å². The number of benzene rings is 1. The molecular formula is C27H39N3O5. The van der Waals surface area contributed by atoms with Crippen molar-refractivity contribution in [3.8, 4) is 0 Å². The van der Waals surface area contributed by atoms with Gasteiger partial charge in [-0.25, -0.2) is 0 Å². The first-order chi connectivity index (χ1) is 16.8. The van der Waals surface area contributed by atoms with E-state index in [9.17, 15) is 14.4 Å². The molecule has 1 aromatic carbocycles. The van der Waals surface area contributed by atoms with Crippen LogP contribution in [0, 0.1) is 25.7 Å². The number of carbonyl (C=O) groups excluding carboxylic acids is 3. The van der Waals surface area contributed by atoms with Crippen LogP contribution in [0.15, 0.2) is 18.2 Å². The highest BCUT2D eigenvalue weighted by atomic mass is 16.5. The number of aliphatic hydroxyl groups is 1. The standard InChI is InChI=1S/C27H39N3O5/c1-4-13-28-24(32)21-20-11-12-27(35-20)22(21)26(34)30(14-7-5-6-8-15-31)23(27)25(33)29-19-16-17(2)9-10-18(19)3/h9-10,16,20-23,31H,4-8,11-15H2,1-3H3,(H,28,32)(H,29,33)/t20-,21+,22-,23?,27?/m0/s1. The molecule has 3 aliphatic rings. The highest BCUT2D eigenvalue weighted by molar-refractivity contribution is 6.03. The number of amides is 3. The summed E-state index contributed by atoms with van der Waals surface area (Å²) in [5.41, 5.74) is 1.75. The van der Waals surface area contributed by atoms with Crippen molar-refractivity contribution in [1.82, 2.24) is 10.2 Å². The first-order valence-corrected chi connectivity index (χ1v) is 13.1. The third-order valence-corrected chi connectivity index (χ3v) is 7.86. The Bertz CT molecular complexity index is 966. The van der Waals surface area contributed by atoms with E-state index in [0.29, 0.717) is 25.9 Å². The minimum atomic E-state index is -0.969. The van der Waals surface area contributed by atoms with Gasteiger partial charge in [0.05, 0.1) is 17.9 Å². The number of aliphatic hydroxyl groups excluding tert-OH is 1. The number of aryl methyl sites for hydroxylation is 2. The van der Waals surface area contributed by atoms with Crippen LogP contribution in [0.25, 0.3) is 0 Å². The molecule has 1 aromatic rings. The van der Waals surface area contributed by atoms with E-state index in [1.807, 2.05) is 39.0 Å². The van der Waals surface area contributed by atoms with E-state index in [2.05, 4.69) is 10.6 Å². The molecule has 3 fully saturated rings. The zero-order valence-electron chi connectivity index (χ0n) is 21.1. The minimum absolute atomic E-state index is 0.143. The second kappa shape index (κ2) is 10.7. The number of nitrogens with zero attached hydrogens (tertiary/aromatic N) is 1. The molecule has 3 heterocycles. The zero-order valence-corrected chi connectivity index (χ0v) is 21.1. The fourth-order valence-corrected chi connectivity index (χ4v) is 6.18. The fourth-order valence-electron chi connectivity index (χ4n) is 6.18. The Morgan fingerprint density at radius 1 is 1.17 bits per heavy atom. The molecule has 0 aromatic heterocycles. The second-order valence-corrected chi connectivity index (χ2v) is 10.3. The van der Waals surface area contributed by atoms with Gasteiger partial charge < -0.3 is 25.4 Å². The van der Waals surface area contributed by atoms with Gasteiger partial charge >= 0.3 is 0 Å². The summed E-state index contributed by atoms with van der Waals surface area (Å²) in [5.74, 6) is -1.73. The molecule has 0 saturated carbocycles. The Balaban J connectivity index is 1.62. The lowest BCUT2D eigenvalue weighted by molar-refractivity contribution is -0.140. The van der Waals surface area contributed by atoms with Gasteiger partial charge in [0.25, 0.3) is 0 Å². The molecule has 1 spiro atoms. The largest absolute Gasteiger partial charge is 0.396 e. The summed E-state index contributed by atoms with van der Waals surface area (Å²) in [6.45, 7) is 7.06. The average Bonchev–Trinajstić information content (AvgIpc) is 3.47. The summed E-state index contributed by atoms with van der Waals surface area (Å²) < 4.78 is 6.45. The van der Waals surface area contributed by atoms with E-state index in [4.69, 9.17) is 9.84 Å². The number of fused-ring (bicyclic) bond motifs is 1. The molecule has 8 heteroatoms. The number of likely N-dealkylation sites (tertiary alicyclic amines) is 1. The quantitative estimate of drug-likeness (QED) is 0.418. The van der Waals surface area contributed by atoms with Gasteiger partial charge in [-0.3, -0.25) is 14.4 Å². The lowest BCUT2D eigenvalue weighted by Crippen LogP contribution is -2.53. The number of hydrogen-bond acceptors (Lipinski definition) is 5. The van der Waals surface area contributed by atoms with E-state index in [1.165, 1.54) is 0 Å². The number of ether oxygens (including phenoxy) is 1. The van der Waals surface area contributed by atoms with Crippen molar-refractivity contribution in [2.45, 2.75) is 83.5 Å². The van der Waals surface area contributed by atoms with Crippen LogP contribution >= 0.6 is 0 Å². The van der Waals surface area contributed by atoms with E-state index >= 15 is 0 Å². The van der Waals surface area contributed by atoms with Crippen LogP contribution in [-0.2, 0) is 19.1 Å². The molecule has 3 aliphatic heterocycles. The van der Waals surface area contributed by atoms with Crippen molar-refractivity contribution in [2.24, 2.45) is 11.8 Å². The summed E-state index contributed by atoms with van der Waals surface area (Å²) in [7, 11) is 0. The van der Waals surface area contributed by atoms with Crippen LogP contribution in [0.2, 0.25) is 0 Å². The summed E-state index contributed by atoms with van der Waals surface area (Å²) in [4.78, 5) is 42.4. The second-order valence-electron chi connectivity index (χ2n) is 10.3. The van der Waals surface area contributed by atoms with Crippen molar-refractivity contribution in [3.05, 3.63) is 29.3 Å². The van der Waals surface area contributed by atoms with Gasteiger partial charge in [-0.05, 0) is 63.1 Å². The Kier molecular flexibility index (Phi) is 7.81. The van der Waals surface area contributed by atoms with E-state index in [-0.39, 0.29) is 30.4 Å². The lowest BCUT2D eigenvalue weighted by atomic mass is 9.70. The SMILES string of the molecule is CCCNC(=O)[C@@H]1[C@@H]2CCC3(O2)C(C(=O)Nc2cc(C)ccc2C)N(CCCCCCO)C(=O)[C@H]13. The molecule has 35 heavy (non-hydrogen) atoms. The molecule has 3 saturated heterocycles. The highest BCUT2D eigenvalue weighted by Gasteiger charge is 2.74. The highest BCUT2D eigenvalue weighted by Crippen LogP contribution is 2.58. The summed E-state index contributed by atoms with van der Waals surface area (Å²) in [6.07, 6.45) is 4.94. The van der Waals surface area contributed by atoms with Crippen molar-refractivity contribution in [1.29, 1.82) is 0 Å². The van der Waals surface area contributed by atoms with Gasteiger partial charge in [-0.15, -0.1) is 0 Å². The topological polar surface area (TPSA) is 108 Å². The van der Waals surface area contributed by atoms with Gasteiger partial charge in [-0.2, -0.15) is 0 Å². The Labute approximate surface area is 207 Å². The molecule has 192 valence electrons. The van der Waals surface area contributed by atoms with Crippen molar-refractivity contribution in [3.63, 3.8) is 0 Å². The van der Waals surface area contributed by atoms with Gasteiger partial charge in [0, 0.05) is 25.4 Å². The summed E-state index contributed by atoms with van der Waals surface area (Å²) >= 11 is 0. The third kappa shape index (κ3) is 4.70. The molecule has 4 rings (SSSR count). The van der Waals surface area contributed by atoms with Gasteiger partial charge in [0.2, 0.25) is 17.7 Å². The van der Waals surface area contributed by atoms with Crippen molar-refractivity contribution in [2.75, 3.05) is 25.0 Å². The van der Waals surface area contributed by atoms with Gasteiger partial charge in [-0.1, -0.05) is 31.9 Å². The number of nitrogens with one attached hydrogen (secondary N) is 2. The maximum atomic E-state index is 13.8. The molecular weight excluding hydrogens is 446 g/mol. The van der Waals surface area contributed by atoms with Crippen LogP contribution in [-0.4, -0.2) is 65.2 Å². The van der Waals surface area contributed by atoms with Crippen LogP contribution in [0.4, 0.5) is 5.69 Å². The third-order valence-electron chi connectivity index (χ3n) is 7.86. The Hall–Kier alpha value is -2.45. The van der Waals surface area contributed by atoms with Crippen LogP contribution in [0.1, 0.15) is 63.0 Å². The van der Waals surface area contributed by atoms with Crippen molar-refractivity contribution >= 4 is 23.4 Å². The summed E-state index contributed by atoms with van der Waals surface area (Å²) in [5, 5.41) is 15.1. The van der Waals surface area contributed by atoms with Crippen LogP contribution < -0.4 is 10.6 Å². The zero-order chi connectivity index (χ0) is 25.2. The Morgan fingerprint density at radius 3 is 2.69 bits per heavy atom. The minimum Gasteiger partial charge on any atom is -0.396 e. The van der Waals surface area contributed by atoms with E-state index in [1.54, 1.807) is 4.90 Å². The smallest absolute Gasteiger partial charge is 0.250 e. The fraction of sp³-hybridized carbons (Fsp3) is 0.667. The van der Waals surface area contributed by atoms with E-state index < -0.39 is 23.5 Å². The molecule has 2 bridgehead atoms. The van der Waals surface area contributed by atoms with Crippen LogP contribution in [0.5, 0.6) is 0 Å². The number of unbranched alkanes of at least 4 members (excludes halogenated alkanes) is 3. The van der Waals surface area contributed by atoms with E-state index in [0.717, 1.165) is 48.9 Å². The average molecular weight is 486 g/mol. The molecule has 3 N–H and O–H groups in total. The molecule has 8 nitrogen and oxygen atoms in total. The Morgan fingerprint density at radius 2 is 1.94 bits per heavy atom. The molecule has 5 atom stereocenters. The maximum Gasteiger partial charge on any atom is 0.250 e. The van der Waals surface area contributed by atoms with Gasteiger partial charge in [0.1, 0.15) is 11.6 Å². The van der Waals surface area contributed by atoms with Gasteiger partial charge in [0.15, 0.2) is 0 Å². The molecule has 0 radical (unpaired) electrons. The number of rotatable bonds is 11. The normalized spacial score (nSPS) is 28.9. The number of carbonyl (C=O) groups is 3. The number of hydrogen-bond donors (Lipinski definition) is 3. The number of anilines is 1. The molecule has 0 aliphatic carbocycles. The summed E-state index contributed by atoms with van der Waals surface area (Å²) in [6, 6.07) is 5.13. The first-order valence-electron chi connectivity index (χ1n) is 13.1. The lowest BCUT2D eigenvalue weighted by Gasteiger charge is -2.33. The maximum absolute atomic E-state index is 13.8. The molecule has 2 unspecified atom stereocenters. The first kappa shape index (κ1) is 25.6. The van der Waals surface area contributed by atoms with Crippen LogP contribution in [0.3, 0.4) is 0 Å². The molecule has 3 amide bonds. The predicted octanol–water partition coefficient (Wildman–Crippen LogP) is 2.70. The monoisotopic (exact) mass is 485 g/mol.